The monoisotopic (exact) mass is 208 g/mol. The summed E-state index contributed by atoms with van der Waals surface area (Å²) >= 11 is 0. The molecule has 0 saturated heterocycles. The number of carbonyl (C=O) groups excluding carboxylic acids is 1. The van der Waals surface area contributed by atoms with Crippen molar-refractivity contribution in [2.45, 2.75) is 57.8 Å². The molecule has 2 saturated carbocycles. The second kappa shape index (κ2) is 6.81. The van der Waals surface area contributed by atoms with Crippen molar-refractivity contribution < 1.29 is 4.79 Å². The molecule has 1 nitrogen and oxygen atoms in total. The molecule has 0 atom stereocenters. The first-order chi connectivity index (χ1) is 7.36. The van der Waals surface area contributed by atoms with Gasteiger partial charge in [-0.2, -0.15) is 0 Å². The second-order valence-corrected chi connectivity index (χ2v) is 4.77. The molecule has 0 aliphatic heterocycles. The molecule has 0 amide bonds. The molecule has 86 valence electrons. The first-order valence-electron chi connectivity index (χ1n) is 6.38. The summed E-state index contributed by atoms with van der Waals surface area (Å²) in [5.41, 5.74) is 0. The van der Waals surface area contributed by atoms with E-state index < -0.39 is 0 Å². The molecule has 0 N–H and O–H groups in total. The summed E-state index contributed by atoms with van der Waals surface area (Å²) in [6.07, 6.45) is 11.4. The minimum absolute atomic E-state index is 0.507. The minimum Gasteiger partial charge on any atom is -0.300 e. The molecule has 0 aromatic heterocycles. The lowest BCUT2D eigenvalue weighted by atomic mass is 9.73. The summed E-state index contributed by atoms with van der Waals surface area (Å²) in [7, 11) is 0. The Hall–Kier alpha value is -0.590. The van der Waals surface area contributed by atoms with Crippen molar-refractivity contribution >= 4 is 5.78 Å². The van der Waals surface area contributed by atoms with E-state index >= 15 is 0 Å². The normalized spacial score (nSPS) is 24.4. The maximum Gasteiger partial charge on any atom is 0.132 e. The van der Waals surface area contributed by atoms with Crippen LogP contribution in [0.4, 0.5) is 0 Å². The predicted molar refractivity (Wildman–Crippen MR) is 64.8 cm³/mol. The molecule has 0 aromatic carbocycles. The van der Waals surface area contributed by atoms with Gasteiger partial charge in [-0.1, -0.05) is 32.1 Å². The highest BCUT2D eigenvalue weighted by Crippen LogP contribution is 2.37. The zero-order valence-electron chi connectivity index (χ0n) is 9.84. The summed E-state index contributed by atoms with van der Waals surface area (Å²) in [5.74, 6) is 2.38. The molecule has 0 radical (unpaired) electrons. The fourth-order valence-corrected chi connectivity index (χ4v) is 3.04. The number of hydrogen-bond acceptors (Lipinski definition) is 1. The summed E-state index contributed by atoms with van der Waals surface area (Å²) in [6, 6.07) is 0. The van der Waals surface area contributed by atoms with Crippen molar-refractivity contribution in [3.05, 3.63) is 13.2 Å². The van der Waals surface area contributed by atoms with Crippen molar-refractivity contribution in [3.8, 4) is 0 Å². The number of carbonyl (C=O) groups is 1. The molecule has 2 fully saturated rings. The zero-order chi connectivity index (χ0) is 11.1. The third-order valence-electron chi connectivity index (χ3n) is 3.90. The van der Waals surface area contributed by atoms with Crippen LogP contribution in [0.2, 0.25) is 0 Å². The van der Waals surface area contributed by atoms with E-state index in [1.807, 2.05) is 0 Å². The quantitative estimate of drug-likeness (QED) is 0.592. The van der Waals surface area contributed by atoms with Crippen LogP contribution in [0.1, 0.15) is 57.8 Å². The van der Waals surface area contributed by atoms with Crippen molar-refractivity contribution in [1.82, 2.24) is 0 Å². The Balaban J connectivity index is 0.000000531. The van der Waals surface area contributed by atoms with Crippen molar-refractivity contribution in [3.63, 3.8) is 0 Å². The average Bonchev–Trinajstić information content (AvgIpc) is 2.34. The van der Waals surface area contributed by atoms with Gasteiger partial charge in [-0.25, -0.2) is 0 Å². The Morgan fingerprint density at radius 2 is 1.27 bits per heavy atom. The third-order valence-corrected chi connectivity index (χ3v) is 3.90. The molecule has 2 aliphatic carbocycles. The van der Waals surface area contributed by atoms with Gasteiger partial charge in [0.15, 0.2) is 0 Å². The van der Waals surface area contributed by atoms with Crippen LogP contribution in [0.5, 0.6) is 0 Å². The predicted octanol–water partition coefficient (Wildman–Crippen LogP) is 4.13. The first-order valence-corrected chi connectivity index (χ1v) is 6.38. The first kappa shape index (κ1) is 12.5. The minimum atomic E-state index is 0.507. The van der Waals surface area contributed by atoms with Gasteiger partial charge in [0.2, 0.25) is 0 Å². The van der Waals surface area contributed by atoms with Gasteiger partial charge in [-0.3, -0.25) is 4.79 Å². The zero-order valence-corrected chi connectivity index (χ0v) is 9.84. The summed E-state index contributed by atoms with van der Waals surface area (Å²) < 4.78 is 0. The highest BCUT2D eigenvalue weighted by atomic mass is 16.1. The molecule has 15 heavy (non-hydrogen) atoms. The van der Waals surface area contributed by atoms with E-state index in [4.69, 9.17) is 0 Å². The Morgan fingerprint density at radius 1 is 0.800 bits per heavy atom. The van der Waals surface area contributed by atoms with E-state index in [-0.39, 0.29) is 0 Å². The van der Waals surface area contributed by atoms with E-state index in [1.54, 1.807) is 0 Å². The van der Waals surface area contributed by atoms with Gasteiger partial charge < -0.3 is 0 Å². The largest absolute Gasteiger partial charge is 0.300 e. The summed E-state index contributed by atoms with van der Waals surface area (Å²) in [5, 5.41) is 0. The maximum absolute atomic E-state index is 11.1. The molecular formula is C14H24O. The highest BCUT2D eigenvalue weighted by Gasteiger charge is 2.27. The lowest BCUT2D eigenvalue weighted by Gasteiger charge is -2.32. The Bertz CT molecular complexity index is 182. The molecule has 0 aromatic rings. The van der Waals surface area contributed by atoms with Gasteiger partial charge in [0.1, 0.15) is 5.78 Å². The van der Waals surface area contributed by atoms with Crippen LogP contribution in [-0.2, 0) is 4.79 Å². The van der Waals surface area contributed by atoms with Gasteiger partial charge in [-0.15, -0.1) is 13.2 Å². The fraction of sp³-hybridized carbons (Fsp3) is 0.786. The molecule has 2 rings (SSSR count). The highest BCUT2D eigenvalue weighted by molar-refractivity contribution is 5.79. The molecule has 2 aliphatic rings. The summed E-state index contributed by atoms with van der Waals surface area (Å²) in [6.45, 7) is 6.00. The van der Waals surface area contributed by atoms with Gasteiger partial charge in [-0.05, 0) is 24.7 Å². The maximum atomic E-state index is 11.1. The molecular weight excluding hydrogens is 184 g/mol. The van der Waals surface area contributed by atoms with Crippen LogP contribution in [0, 0.1) is 11.8 Å². The Labute approximate surface area is 93.9 Å². The molecule has 0 heterocycles. The molecule has 0 spiro atoms. The van der Waals surface area contributed by atoms with Crippen LogP contribution < -0.4 is 0 Å². The number of ketones is 1. The standard InChI is InChI=1S/C12H20O.C2H4/c13-12-8-6-11(7-9-12)10-4-2-1-3-5-10;1-2/h10-11H,1-9H2;1-2H2. The topological polar surface area (TPSA) is 17.1 Å². The van der Waals surface area contributed by atoms with Crippen molar-refractivity contribution in [2.75, 3.05) is 0 Å². The van der Waals surface area contributed by atoms with E-state index in [0.717, 1.165) is 24.7 Å². The molecule has 0 bridgehead atoms. The van der Waals surface area contributed by atoms with Crippen LogP contribution >= 0.6 is 0 Å². The van der Waals surface area contributed by atoms with Crippen LogP contribution in [0.3, 0.4) is 0 Å². The SMILES string of the molecule is C=C.O=C1CCC(C2CCCCC2)CC1. The van der Waals surface area contributed by atoms with Gasteiger partial charge in [0.05, 0.1) is 0 Å². The number of Topliss-reactive ketones (excluding diaryl/α,β-unsaturated/α-hetero) is 1. The van der Waals surface area contributed by atoms with Crippen molar-refractivity contribution in [2.24, 2.45) is 11.8 Å². The third kappa shape index (κ3) is 3.81. The Kier molecular flexibility index (Phi) is 5.67. The van der Waals surface area contributed by atoms with E-state index in [9.17, 15) is 4.79 Å². The summed E-state index contributed by atoms with van der Waals surface area (Å²) in [4.78, 5) is 11.1. The van der Waals surface area contributed by atoms with E-state index in [2.05, 4.69) is 13.2 Å². The number of hydrogen-bond donors (Lipinski definition) is 0. The van der Waals surface area contributed by atoms with Gasteiger partial charge in [0, 0.05) is 12.8 Å². The van der Waals surface area contributed by atoms with Crippen molar-refractivity contribution in [1.29, 1.82) is 0 Å². The lowest BCUT2D eigenvalue weighted by Crippen LogP contribution is -2.23. The lowest BCUT2D eigenvalue weighted by molar-refractivity contribution is -0.121. The van der Waals surface area contributed by atoms with E-state index in [0.29, 0.717) is 5.78 Å². The Morgan fingerprint density at radius 3 is 1.80 bits per heavy atom. The molecule has 1 heteroatoms. The molecule has 0 unspecified atom stereocenters. The number of rotatable bonds is 1. The van der Waals surface area contributed by atoms with Gasteiger partial charge in [0.25, 0.3) is 0 Å². The van der Waals surface area contributed by atoms with Crippen LogP contribution in [0.25, 0.3) is 0 Å². The average molecular weight is 208 g/mol. The van der Waals surface area contributed by atoms with Crippen LogP contribution in [-0.4, -0.2) is 5.78 Å². The van der Waals surface area contributed by atoms with Gasteiger partial charge >= 0.3 is 0 Å². The smallest absolute Gasteiger partial charge is 0.132 e. The fourth-order valence-electron chi connectivity index (χ4n) is 3.04. The second-order valence-electron chi connectivity index (χ2n) is 4.77. The van der Waals surface area contributed by atoms with E-state index in [1.165, 1.54) is 44.9 Å². The van der Waals surface area contributed by atoms with Crippen LogP contribution in [0.15, 0.2) is 13.2 Å².